The largest absolute Gasteiger partial charge is 0.293 e. The molecule has 0 unspecified atom stereocenters. The summed E-state index contributed by atoms with van der Waals surface area (Å²) < 4.78 is 3.36. The number of nitrogens with one attached hydrogen (secondary N) is 1. The molecule has 1 aromatic heterocycles. The van der Waals surface area contributed by atoms with E-state index in [2.05, 4.69) is 47.5 Å². The van der Waals surface area contributed by atoms with E-state index >= 15 is 0 Å². The third-order valence-corrected chi connectivity index (χ3v) is 4.76. The van der Waals surface area contributed by atoms with Gasteiger partial charge < -0.3 is 0 Å². The number of nitrogens with zero attached hydrogens (tertiary/aromatic N) is 3. The van der Waals surface area contributed by atoms with Crippen molar-refractivity contribution in [2.75, 3.05) is 0 Å². The van der Waals surface area contributed by atoms with Crippen LogP contribution >= 0.6 is 31.9 Å². The van der Waals surface area contributed by atoms with Crippen LogP contribution in [0.5, 0.6) is 0 Å². The Labute approximate surface area is 168 Å². The summed E-state index contributed by atoms with van der Waals surface area (Å²) in [4.78, 5) is 12.3. The van der Waals surface area contributed by atoms with Gasteiger partial charge in [0.25, 0.3) is 5.91 Å². The highest BCUT2D eigenvalue weighted by Gasteiger charge is 2.14. The van der Waals surface area contributed by atoms with Crippen LogP contribution in [0.3, 0.4) is 0 Å². The van der Waals surface area contributed by atoms with Gasteiger partial charge in [-0.25, -0.2) is 5.43 Å². The Bertz CT molecular complexity index is 931. The van der Waals surface area contributed by atoms with E-state index in [1.165, 1.54) is 5.56 Å². The molecule has 1 N–H and O–H groups in total. The van der Waals surface area contributed by atoms with Crippen molar-refractivity contribution in [3.05, 3.63) is 86.1 Å². The minimum atomic E-state index is -0.366. The maximum atomic E-state index is 12.3. The number of amides is 1. The number of carbonyl (C=O) groups excluding carboxylic acids is 1. The number of benzene rings is 2. The second kappa shape index (κ2) is 8.42. The number of halogens is 2. The summed E-state index contributed by atoms with van der Waals surface area (Å²) in [6.45, 7) is 2.59. The van der Waals surface area contributed by atoms with Crippen LogP contribution in [0.1, 0.15) is 27.2 Å². The van der Waals surface area contributed by atoms with Crippen LogP contribution in [-0.4, -0.2) is 21.9 Å². The Hall–Kier alpha value is -2.25. The molecule has 0 radical (unpaired) electrons. The van der Waals surface area contributed by atoms with E-state index in [0.29, 0.717) is 16.7 Å². The van der Waals surface area contributed by atoms with Gasteiger partial charge in [-0.1, -0.05) is 57.9 Å². The van der Waals surface area contributed by atoms with Gasteiger partial charge in [0.15, 0.2) is 5.69 Å². The van der Waals surface area contributed by atoms with Crippen LogP contribution in [0.15, 0.2) is 68.8 Å². The summed E-state index contributed by atoms with van der Waals surface area (Å²) in [6, 6.07) is 15.8. The van der Waals surface area contributed by atoms with Gasteiger partial charge in [0, 0.05) is 10.7 Å². The zero-order chi connectivity index (χ0) is 18.5. The van der Waals surface area contributed by atoms with Gasteiger partial charge in [-0.3, -0.25) is 9.48 Å². The maximum Gasteiger partial charge on any atom is 0.293 e. The molecule has 1 amide bonds. The van der Waals surface area contributed by atoms with E-state index in [9.17, 15) is 4.79 Å². The van der Waals surface area contributed by atoms with Crippen LogP contribution in [0.4, 0.5) is 0 Å². The third kappa shape index (κ3) is 4.89. The number of carbonyl (C=O) groups is 1. The predicted octanol–water partition coefficient (Wildman–Crippen LogP) is 4.53. The molecule has 0 spiro atoms. The normalized spacial score (nSPS) is 11.0. The molecule has 0 atom stereocenters. The Morgan fingerprint density at radius 2 is 1.85 bits per heavy atom. The summed E-state index contributed by atoms with van der Waals surface area (Å²) in [5, 5.41) is 8.33. The van der Waals surface area contributed by atoms with Crippen molar-refractivity contribution in [2.45, 2.75) is 13.5 Å². The van der Waals surface area contributed by atoms with Crippen molar-refractivity contribution >= 4 is 44.0 Å². The lowest BCUT2D eigenvalue weighted by atomic mass is 10.2. The Morgan fingerprint density at radius 3 is 2.54 bits per heavy atom. The molecule has 0 aliphatic heterocycles. The van der Waals surface area contributed by atoms with Crippen LogP contribution in [-0.2, 0) is 6.54 Å². The molecule has 3 aromatic rings. The monoisotopic (exact) mass is 474 g/mol. The summed E-state index contributed by atoms with van der Waals surface area (Å²) >= 11 is 6.80. The van der Waals surface area contributed by atoms with Gasteiger partial charge >= 0.3 is 0 Å². The summed E-state index contributed by atoms with van der Waals surface area (Å²) in [5.74, 6) is -0.366. The summed E-state index contributed by atoms with van der Waals surface area (Å²) in [7, 11) is 0. The number of hydrogen-bond donors (Lipinski definition) is 1. The summed E-state index contributed by atoms with van der Waals surface area (Å²) in [6.07, 6.45) is 3.38. The van der Waals surface area contributed by atoms with Crippen molar-refractivity contribution in [1.29, 1.82) is 0 Å². The lowest BCUT2D eigenvalue weighted by Crippen LogP contribution is -2.19. The first-order valence-corrected chi connectivity index (χ1v) is 9.47. The van der Waals surface area contributed by atoms with E-state index in [4.69, 9.17) is 0 Å². The first-order valence-electron chi connectivity index (χ1n) is 7.89. The lowest BCUT2D eigenvalue weighted by molar-refractivity contribution is 0.0948. The minimum Gasteiger partial charge on any atom is -0.266 e. The first kappa shape index (κ1) is 18.5. The fraction of sp³-hybridized carbons (Fsp3) is 0.105. The zero-order valence-electron chi connectivity index (χ0n) is 14.0. The van der Waals surface area contributed by atoms with Crippen LogP contribution < -0.4 is 5.43 Å². The SMILES string of the molecule is Cc1ccc(/C=N\NC(=O)c2nn(Cc3ccc(Br)cc3)cc2Br)cc1. The van der Waals surface area contributed by atoms with Crippen molar-refractivity contribution in [1.82, 2.24) is 15.2 Å². The second-order valence-electron chi connectivity index (χ2n) is 5.76. The molecule has 0 saturated heterocycles. The Balaban J connectivity index is 1.65. The summed E-state index contributed by atoms with van der Waals surface area (Å²) in [5.41, 5.74) is 5.98. The fourth-order valence-electron chi connectivity index (χ4n) is 2.28. The standard InChI is InChI=1S/C19H16Br2N4O/c1-13-2-4-14(5-3-13)10-22-23-19(26)18-17(21)12-25(24-18)11-15-6-8-16(20)9-7-15/h2-10,12H,11H2,1H3,(H,23,26)/b22-10-. The highest BCUT2D eigenvalue weighted by Crippen LogP contribution is 2.17. The lowest BCUT2D eigenvalue weighted by Gasteiger charge is -2.02. The molecule has 2 aromatic carbocycles. The molecular weight excluding hydrogens is 460 g/mol. The molecule has 26 heavy (non-hydrogen) atoms. The minimum absolute atomic E-state index is 0.295. The molecule has 132 valence electrons. The molecule has 7 heteroatoms. The molecule has 0 bridgehead atoms. The Kier molecular flexibility index (Phi) is 6.00. The highest BCUT2D eigenvalue weighted by atomic mass is 79.9. The van der Waals surface area contributed by atoms with E-state index in [1.807, 2.05) is 55.5 Å². The average Bonchev–Trinajstić information content (AvgIpc) is 2.99. The number of hydrogen-bond acceptors (Lipinski definition) is 3. The molecule has 0 aliphatic rings. The third-order valence-electron chi connectivity index (χ3n) is 3.65. The molecule has 0 aliphatic carbocycles. The van der Waals surface area contributed by atoms with Crippen molar-refractivity contribution in [3.8, 4) is 0 Å². The fourth-order valence-corrected chi connectivity index (χ4v) is 3.04. The number of aromatic nitrogens is 2. The smallest absolute Gasteiger partial charge is 0.266 e. The quantitative estimate of drug-likeness (QED) is 0.435. The maximum absolute atomic E-state index is 12.3. The number of hydrazone groups is 1. The predicted molar refractivity (Wildman–Crippen MR) is 109 cm³/mol. The molecule has 1 heterocycles. The zero-order valence-corrected chi connectivity index (χ0v) is 17.2. The van der Waals surface area contributed by atoms with Gasteiger partial charge in [0.1, 0.15) is 0 Å². The van der Waals surface area contributed by atoms with E-state index in [0.717, 1.165) is 15.6 Å². The average molecular weight is 476 g/mol. The first-order chi connectivity index (χ1) is 12.5. The van der Waals surface area contributed by atoms with E-state index in [-0.39, 0.29) is 5.91 Å². The highest BCUT2D eigenvalue weighted by molar-refractivity contribution is 9.10. The molecular formula is C19H16Br2N4O. The molecule has 0 fully saturated rings. The van der Waals surface area contributed by atoms with Gasteiger partial charge in [-0.2, -0.15) is 10.2 Å². The van der Waals surface area contributed by atoms with Crippen molar-refractivity contribution < 1.29 is 4.79 Å². The second-order valence-corrected chi connectivity index (χ2v) is 7.53. The Morgan fingerprint density at radius 1 is 1.15 bits per heavy atom. The number of aryl methyl sites for hydroxylation is 1. The van der Waals surface area contributed by atoms with Crippen LogP contribution in [0.25, 0.3) is 0 Å². The van der Waals surface area contributed by atoms with E-state index in [1.54, 1.807) is 17.1 Å². The van der Waals surface area contributed by atoms with Crippen LogP contribution in [0, 0.1) is 6.92 Å². The molecule has 3 rings (SSSR count). The molecule has 0 saturated carbocycles. The van der Waals surface area contributed by atoms with Gasteiger partial charge in [-0.15, -0.1) is 0 Å². The van der Waals surface area contributed by atoms with Crippen molar-refractivity contribution in [3.63, 3.8) is 0 Å². The van der Waals surface area contributed by atoms with Gasteiger partial charge in [0.05, 0.1) is 17.2 Å². The topological polar surface area (TPSA) is 59.3 Å². The van der Waals surface area contributed by atoms with Gasteiger partial charge in [0.2, 0.25) is 0 Å². The van der Waals surface area contributed by atoms with Crippen LogP contribution in [0.2, 0.25) is 0 Å². The number of rotatable bonds is 5. The van der Waals surface area contributed by atoms with Crippen molar-refractivity contribution in [2.24, 2.45) is 5.10 Å². The molecule has 5 nitrogen and oxygen atoms in total. The van der Waals surface area contributed by atoms with Gasteiger partial charge in [-0.05, 0) is 46.1 Å². The van der Waals surface area contributed by atoms with E-state index < -0.39 is 0 Å².